The zero-order valence-electron chi connectivity index (χ0n) is 38.0. The van der Waals surface area contributed by atoms with Crippen molar-refractivity contribution in [1.29, 1.82) is 0 Å². The fourth-order valence-electron chi connectivity index (χ4n) is 13.1. The van der Waals surface area contributed by atoms with Crippen LogP contribution in [-0.2, 0) is 16.2 Å². The van der Waals surface area contributed by atoms with E-state index in [9.17, 15) is 0 Å². The average Bonchev–Trinajstić information content (AvgIpc) is 3.80. The Balaban J connectivity index is 1.37. The van der Waals surface area contributed by atoms with Gasteiger partial charge < -0.3 is 0 Å². The molecule has 0 heterocycles. The molecule has 0 saturated heterocycles. The van der Waals surface area contributed by atoms with Gasteiger partial charge in [-0.25, -0.2) is 0 Å². The average molecular weight is 1300 g/mol. The molecular formula is C65H40Br6. The number of fused-ring (bicyclic) bond motifs is 12. The van der Waals surface area contributed by atoms with E-state index in [4.69, 9.17) is 0 Å². The van der Waals surface area contributed by atoms with Crippen LogP contribution in [-0.4, -0.2) is 0 Å². The Kier molecular flexibility index (Phi) is 11.4. The van der Waals surface area contributed by atoms with Crippen LogP contribution in [0.3, 0.4) is 0 Å². The minimum atomic E-state index is -0.778. The molecule has 0 spiro atoms. The van der Waals surface area contributed by atoms with Crippen LogP contribution >= 0.6 is 95.6 Å². The molecule has 5 aliphatic rings. The van der Waals surface area contributed by atoms with Crippen LogP contribution in [0.4, 0.5) is 0 Å². The maximum atomic E-state index is 3.96. The lowest BCUT2D eigenvalue weighted by molar-refractivity contribution is 0.718. The summed E-state index contributed by atoms with van der Waals surface area (Å²) >= 11 is 23.4. The van der Waals surface area contributed by atoms with Crippen molar-refractivity contribution in [3.8, 4) is 33.4 Å². The van der Waals surface area contributed by atoms with Gasteiger partial charge >= 0.3 is 0 Å². The van der Waals surface area contributed by atoms with Gasteiger partial charge in [0.15, 0.2) is 0 Å². The van der Waals surface area contributed by atoms with E-state index in [0.29, 0.717) is 0 Å². The maximum absolute atomic E-state index is 3.96. The SMILES string of the molecule is BrC1=CC=C([C@]2(c3ccc(Br)cc3)c3ccccc3-c3c2c2c(c4c3[C@@](C3=CC=C(Br)CC=C3)(c3ccc(Br)cc3)c3ccccc3-4)C(c3ccc(Br)cc3)(c3ccc(Br)cc3)c3ccccc3-2)CC=C1. The van der Waals surface area contributed by atoms with E-state index in [2.05, 4.69) is 314 Å². The molecule has 13 rings (SSSR count). The monoisotopic (exact) mass is 1290 g/mol. The Bertz CT molecular complexity index is 3690. The number of benzene rings is 8. The number of allylic oxidation sites excluding steroid dienone is 12. The summed E-state index contributed by atoms with van der Waals surface area (Å²) in [5.41, 5.74) is 20.5. The van der Waals surface area contributed by atoms with E-state index < -0.39 is 16.2 Å². The van der Waals surface area contributed by atoms with Gasteiger partial charge in [-0.05, 0) is 172 Å². The summed E-state index contributed by atoms with van der Waals surface area (Å²) in [7, 11) is 0. The van der Waals surface area contributed by atoms with Gasteiger partial charge in [0.2, 0.25) is 0 Å². The van der Waals surface area contributed by atoms with Crippen molar-refractivity contribution in [3.05, 3.63) is 312 Å². The van der Waals surface area contributed by atoms with Crippen LogP contribution in [0, 0.1) is 0 Å². The fourth-order valence-corrected chi connectivity index (χ4v) is 14.8. The minimum absolute atomic E-state index is 0.746. The van der Waals surface area contributed by atoms with Gasteiger partial charge in [-0.2, -0.15) is 0 Å². The lowest BCUT2D eigenvalue weighted by atomic mass is 9.60. The van der Waals surface area contributed by atoms with Gasteiger partial charge in [0.1, 0.15) is 0 Å². The maximum Gasteiger partial charge on any atom is 0.0719 e. The Morgan fingerprint density at radius 2 is 0.704 bits per heavy atom. The third kappa shape index (κ3) is 6.60. The highest BCUT2D eigenvalue weighted by Gasteiger charge is 2.61. The van der Waals surface area contributed by atoms with E-state index in [1.165, 1.54) is 100 Å². The van der Waals surface area contributed by atoms with Crippen molar-refractivity contribution in [2.45, 2.75) is 29.1 Å². The van der Waals surface area contributed by atoms with Crippen molar-refractivity contribution in [2.24, 2.45) is 0 Å². The topological polar surface area (TPSA) is 0 Å². The van der Waals surface area contributed by atoms with E-state index >= 15 is 0 Å². The summed E-state index contributed by atoms with van der Waals surface area (Å²) in [5, 5.41) is 0. The van der Waals surface area contributed by atoms with Gasteiger partial charge in [0.25, 0.3) is 0 Å². The molecule has 0 aromatic heterocycles. The molecule has 342 valence electrons. The summed E-state index contributed by atoms with van der Waals surface area (Å²) in [5.74, 6) is 0. The van der Waals surface area contributed by atoms with E-state index in [0.717, 1.165) is 39.7 Å². The van der Waals surface area contributed by atoms with Gasteiger partial charge in [0.05, 0.1) is 16.2 Å². The smallest absolute Gasteiger partial charge is 0.0719 e. The molecule has 5 aliphatic carbocycles. The first-order valence-electron chi connectivity index (χ1n) is 23.7. The second kappa shape index (κ2) is 17.6. The highest BCUT2D eigenvalue weighted by Crippen LogP contribution is 2.73. The molecule has 0 saturated carbocycles. The fraction of sp³-hybridized carbons (Fsp3) is 0.0769. The predicted molar refractivity (Wildman–Crippen MR) is 316 cm³/mol. The van der Waals surface area contributed by atoms with Crippen LogP contribution in [0.2, 0.25) is 0 Å². The van der Waals surface area contributed by atoms with E-state index in [-0.39, 0.29) is 0 Å². The van der Waals surface area contributed by atoms with Crippen molar-refractivity contribution < 1.29 is 0 Å². The van der Waals surface area contributed by atoms with Gasteiger partial charge in [-0.3, -0.25) is 0 Å². The second-order valence-corrected chi connectivity index (χ2v) is 24.5. The van der Waals surface area contributed by atoms with E-state index in [1.807, 2.05) is 0 Å². The quantitative estimate of drug-likeness (QED) is 0.156. The summed E-state index contributed by atoms with van der Waals surface area (Å²) in [6.07, 6.45) is 20.2. The van der Waals surface area contributed by atoms with Crippen molar-refractivity contribution in [2.75, 3.05) is 0 Å². The zero-order valence-corrected chi connectivity index (χ0v) is 47.5. The van der Waals surface area contributed by atoms with Crippen LogP contribution in [0.5, 0.6) is 0 Å². The molecule has 71 heavy (non-hydrogen) atoms. The standard InChI is InChI=1S/C65H40Br6/c66-45-11-7-9-39(19-29-45)63(41-21-31-47(68)32-22-41)54-16-4-1-13-51(54)57-60-58(52-14-2-5-17-55(52)64(60,42-23-33-48(69)34-24-42)40-10-8-12-46(67)30-20-40)62-59(61(57)63)53-15-3-6-18-56(53)65(62,43-25-35-49(70)36-26-43)44-27-37-50(71)38-28-44/h1-8,10-11,13-38H,9,12H2/t63-,64-/m0/s1. The van der Waals surface area contributed by atoms with E-state index in [1.54, 1.807) is 0 Å². The van der Waals surface area contributed by atoms with Crippen molar-refractivity contribution >= 4 is 95.6 Å². The molecule has 8 aromatic carbocycles. The van der Waals surface area contributed by atoms with Gasteiger partial charge in [-0.1, -0.05) is 259 Å². The predicted octanol–water partition coefficient (Wildman–Crippen LogP) is 20.1. The van der Waals surface area contributed by atoms with Crippen LogP contribution < -0.4 is 0 Å². The highest BCUT2D eigenvalue weighted by atomic mass is 79.9. The third-order valence-corrected chi connectivity index (χ3v) is 18.8. The van der Waals surface area contributed by atoms with Gasteiger partial charge in [-0.15, -0.1) is 0 Å². The number of rotatable bonds is 6. The molecular weight excluding hydrogens is 1260 g/mol. The summed E-state index contributed by atoms with van der Waals surface area (Å²) in [4.78, 5) is 0. The summed E-state index contributed by atoms with van der Waals surface area (Å²) < 4.78 is 6.37. The van der Waals surface area contributed by atoms with Gasteiger partial charge in [0, 0.05) is 22.4 Å². The Morgan fingerprint density at radius 1 is 0.324 bits per heavy atom. The molecule has 8 aromatic rings. The molecule has 0 unspecified atom stereocenters. The zero-order chi connectivity index (χ0) is 48.2. The molecule has 2 atom stereocenters. The molecule has 6 heteroatoms. The lowest BCUT2D eigenvalue weighted by Crippen LogP contribution is -2.34. The molecule has 0 aliphatic heterocycles. The van der Waals surface area contributed by atoms with Crippen LogP contribution in [0.15, 0.2) is 256 Å². The van der Waals surface area contributed by atoms with Crippen molar-refractivity contribution in [3.63, 3.8) is 0 Å². The molecule has 0 amide bonds. The molecule has 0 fully saturated rings. The molecule has 0 bridgehead atoms. The Morgan fingerprint density at radius 3 is 1.20 bits per heavy atom. The molecule has 0 N–H and O–H groups in total. The van der Waals surface area contributed by atoms with Crippen LogP contribution in [0.25, 0.3) is 33.4 Å². The molecule has 0 nitrogen and oxygen atoms in total. The highest BCUT2D eigenvalue weighted by molar-refractivity contribution is 9.12. The summed E-state index contributed by atoms with van der Waals surface area (Å²) in [6.45, 7) is 0. The third-order valence-electron chi connectivity index (χ3n) is 15.6. The van der Waals surface area contributed by atoms with Crippen molar-refractivity contribution in [1.82, 2.24) is 0 Å². The first kappa shape index (κ1) is 45.9. The summed E-state index contributed by atoms with van der Waals surface area (Å²) in [6, 6.07) is 64.8. The lowest BCUT2D eigenvalue weighted by Gasteiger charge is -2.41. The Labute approximate surface area is 465 Å². The second-order valence-electron chi connectivity index (χ2n) is 18.9. The number of halogens is 6. The van der Waals surface area contributed by atoms with Crippen LogP contribution in [0.1, 0.15) is 68.5 Å². The first-order valence-corrected chi connectivity index (χ1v) is 28.5. The number of hydrogen-bond donors (Lipinski definition) is 0. The normalized spacial score (nSPS) is 19.7. The largest absolute Gasteiger partial charge is 0.0793 e. The first-order chi connectivity index (χ1) is 34.7. The minimum Gasteiger partial charge on any atom is -0.0793 e. The molecule has 0 radical (unpaired) electrons. The number of hydrogen-bond acceptors (Lipinski definition) is 0. The Hall–Kier alpha value is -4.92.